The van der Waals surface area contributed by atoms with Crippen molar-refractivity contribution in [3.8, 4) is 27.4 Å². The highest BCUT2D eigenvalue weighted by Gasteiger charge is 2.17. The molecule has 6 nitrogen and oxygen atoms in total. The molecule has 2 aromatic heterocycles. The number of H-pyrrole nitrogens is 1. The zero-order valence-electron chi connectivity index (χ0n) is 21.6. The lowest BCUT2D eigenvalue weighted by molar-refractivity contribution is 0.127. The summed E-state index contributed by atoms with van der Waals surface area (Å²) in [5.74, 6) is 0.904. The Hall–Kier alpha value is -3.52. The molecule has 0 aliphatic carbocycles. The van der Waals surface area contributed by atoms with Crippen LogP contribution in [0.2, 0.25) is 0 Å². The van der Waals surface area contributed by atoms with Gasteiger partial charge >= 0.3 is 0 Å². The second-order valence-corrected chi connectivity index (χ2v) is 10.8. The minimum atomic E-state index is 0.726. The average Bonchev–Trinajstić information content (AvgIpc) is 3.63. The fourth-order valence-corrected chi connectivity index (χ4v) is 6.01. The van der Waals surface area contributed by atoms with Crippen LogP contribution in [0.15, 0.2) is 85.1 Å². The summed E-state index contributed by atoms with van der Waals surface area (Å²) in [6.07, 6.45) is 3.97. The molecule has 1 fully saturated rings. The second-order valence-electron chi connectivity index (χ2n) is 9.78. The zero-order valence-corrected chi connectivity index (χ0v) is 22.4. The van der Waals surface area contributed by atoms with E-state index in [-0.39, 0.29) is 0 Å². The van der Waals surface area contributed by atoms with Crippen molar-refractivity contribution in [2.45, 2.75) is 12.8 Å². The Labute approximate surface area is 227 Å². The Morgan fingerprint density at radius 1 is 0.816 bits per heavy atom. The first-order valence-electron chi connectivity index (χ1n) is 13.4. The topological polar surface area (TPSA) is 57.3 Å². The van der Waals surface area contributed by atoms with Crippen LogP contribution >= 0.6 is 11.3 Å². The van der Waals surface area contributed by atoms with Crippen molar-refractivity contribution in [3.63, 3.8) is 0 Å². The Balaban J connectivity index is 0.921. The lowest BCUT2D eigenvalue weighted by Gasteiger charge is -2.34. The van der Waals surface area contributed by atoms with Crippen LogP contribution in [-0.2, 0) is 6.42 Å². The number of aromatic nitrogens is 3. The number of benzene rings is 3. The number of hydrogen-bond donors (Lipinski definition) is 1. The van der Waals surface area contributed by atoms with E-state index in [1.54, 1.807) is 11.3 Å². The van der Waals surface area contributed by atoms with Crippen molar-refractivity contribution in [3.05, 3.63) is 90.8 Å². The molecule has 5 aromatic rings. The largest absolute Gasteiger partial charge is 0.493 e. The number of thiazole rings is 1. The lowest BCUT2D eigenvalue weighted by Crippen LogP contribution is -2.47. The normalized spacial score (nSPS) is 14.7. The molecule has 1 aliphatic rings. The number of fused-ring (bicyclic) bond motifs is 1. The SMILES string of the molecule is c1ccc(-c2nc3cc(OCCCN4CCN(CCc5[nH]ncc5-c5ccccc5)CC4)ccc3s2)cc1. The van der Waals surface area contributed by atoms with Crippen LogP contribution in [0.25, 0.3) is 31.9 Å². The average molecular weight is 524 g/mol. The first-order valence-corrected chi connectivity index (χ1v) is 14.2. The van der Waals surface area contributed by atoms with Crippen LogP contribution in [0.5, 0.6) is 5.75 Å². The van der Waals surface area contributed by atoms with Gasteiger partial charge in [0.25, 0.3) is 0 Å². The number of piperazine rings is 1. The van der Waals surface area contributed by atoms with Gasteiger partial charge in [-0.05, 0) is 24.1 Å². The summed E-state index contributed by atoms with van der Waals surface area (Å²) in [6.45, 7) is 7.31. The van der Waals surface area contributed by atoms with Gasteiger partial charge in [0.2, 0.25) is 0 Å². The van der Waals surface area contributed by atoms with Gasteiger partial charge in [-0.3, -0.25) is 5.10 Å². The van der Waals surface area contributed by atoms with Crippen molar-refractivity contribution in [1.82, 2.24) is 25.0 Å². The second kappa shape index (κ2) is 11.9. The summed E-state index contributed by atoms with van der Waals surface area (Å²) in [5, 5.41) is 8.57. The van der Waals surface area contributed by atoms with Gasteiger partial charge in [-0.25, -0.2) is 4.98 Å². The fraction of sp³-hybridized carbons (Fsp3) is 0.290. The Kier molecular flexibility index (Phi) is 7.77. The molecule has 1 saturated heterocycles. The maximum absolute atomic E-state index is 6.09. The Bertz CT molecular complexity index is 1440. The van der Waals surface area contributed by atoms with Crippen molar-refractivity contribution in [2.75, 3.05) is 45.9 Å². The van der Waals surface area contributed by atoms with E-state index in [1.807, 2.05) is 12.3 Å². The van der Waals surface area contributed by atoms with E-state index in [1.165, 1.54) is 21.5 Å². The smallest absolute Gasteiger partial charge is 0.124 e. The standard InChI is InChI=1S/C31H33N5OS/c1-3-8-24(9-4-1)27-23-32-34-28(27)14-16-36-19-17-35(18-20-36)15-7-21-37-26-12-13-30-29(22-26)33-31(38-30)25-10-5-2-6-11-25/h1-6,8-13,22-23H,7,14-21H2,(H,32,34). The first kappa shape index (κ1) is 24.8. The highest BCUT2D eigenvalue weighted by atomic mass is 32.1. The van der Waals surface area contributed by atoms with Gasteiger partial charge in [0, 0.05) is 68.6 Å². The minimum Gasteiger partial charge on any atom is -0.493 e. The predicted octanol–water partition coefficient (Wildman–Crippen LogP) is 5.98. The summed E-state index contributed by atoms with van der Waals surface area (Å²) in [7, 11) is 0. The van der Waals surface area contributed by atoms with E-state index in [9.17, 15) is 0 Å². The van der Waals surface area contributed by atoms with Crippen LogP contribution < -0.4 is 4.74 Å². The molecular weight excluding hydrogens is 490 g/mol. The monoisotopic (exact) mass is 523 g/mol. The minimum absolute atomic E-state index is 0.726. The molecule has 0 spiro atoms. The predicted molar refractivity (Wildman–Crippen MR) is 156 cm³/mol. The molecular formula is C31H33N5OS. The maximum Gasteiger partial charge on any atom is 0.124 e. The van der Waals surface area contributed by atoms with E-state index < -0.39 is 0 Å². The van der Waals surface area contributed by atoms with Gasteiger partial charge < -0.3 is 14.5 Å². The molecule has 194 valence electrons. The summed E-state index contributed by atoms with van der Waals surface area (Å²) in [5.41, 5.74) is 5.84. The van der Waals surface area contributed by atoms with Crippen molar-refractivity contribution in [2.24, 2.45) is 0 Å². The summed E-state index contributed by atoms with van der Waals surface area (Å²) in [4.78, 5) is 9.95. The van der Waals surface area contributed by atoms with Crippen LogP contribution in [-0.4, -0.2) is 70.9 Å². The van der Waals surface area contributed by atoms with Crippen LogP contribution in [0.3, 0.4) is 0 Å². The van der Waals surface area contributed by atoms with Crippen molar-refractivity contribution in [1.29, 1.82) is 0 Å². The number of aromatic amines is 1. The molecule has 0 unspecified atom stereocenters. The van der Waals surface area contributed by atoms with Gasteiger partial charge in [0.15, 0.2) is 0 Å². The fourth-order valence-electron chi connectivity index (χ4n) is 5.06. The molecule has 38 heavy (non-hydrogen) atoms. The third kappa shape index (κ3) is 5.96. The number of rotatable bonds is 10. The quantitative estimate of drug-likeness (QED) is 0.228. The number of nitrogens with one attached hydrogen (secondary N) is 1. The molecule has 0 amide bonds. The number of nitrogens with zero attached hydrogens (tertiary/aromatic N) is 4. The highest BCUT2D eigenvalue weighted by Crippen LogP contribution is 2.32. The van der Waals surface area contributed by atoms with Crippen LogP contribution in [0, 0.1) is 0 Å². The summed E-state index contributed by atoms with van der Waals surface area (Å²) in [6, 6.07) is 27.1. The van der Waals surface area contributed by atoms with Gasteiger partial charge in [-0.2, -0.15) is 5.10 Å². The molecule has 3 heterocycles. The van der Waals surface area contributed by atoms with Gasteiger partial charge in [0.05, 0.1) is 23.0 Å². The molecule has 0 saturated carbocycles. The Morgan fingerprint density at radius 2 is 1.53 bits per heavy atom. The molecule has 0 radical (unpaired) electrons. The van der Waals surface area contributed by atoms with Crippen molar-refractivity contribution >= 4 is 21.6 Å². The maximum atomic E-state index is 6.09. The number of ether oxygens (including phenoxy) is 1. The number of hydrogen-bond acceptors (Lipinski definition) is 6. The van der Waals surface area contributed by atoms with Gasteiger partial charge in [0.1, 0.15) is 10.8 Å². The molecule has 0 atom stereocenters. The van der Waals surface area contributed by atoms with E-state index >= 15 is 0 Å². The Morgan fingerprint density at radius 3 is 2.29 bits per heavy atom. The summed E-state index contributed by atoms with van der Waals surface area (Å²) >= 11 is 1.73. The highest BCUT2D eigenvalue weighted by molar-refractivity contribution is 7.21. The third-order valence-electron chi connectivity index (χ3n) is 7.21. The van der Waals surface area contributed by atoms with E-state index in [0.717, 1.165) is 80.6 Å². The van der Waals surface area contributed by atoms with Gasteiger partial charge in [-0.1, -0.05) is 60.7 Å². The molecule has 3 aromatic carbocycles. The van der Waals surface area contributed by atoms with Crippen LogP contribution in [0.4, 0.5) is 0 Å². The summed E-state index contributed by atoms with van der Waals surface area (Å²) < 4.78 is 7.28. The van der Waals surface area contributed by atoms with E-state index in [2.05, 4.69) is 92.8 Å². The molecule has 0 bridgehead atoms. The molecule has 1 N–H and O–H groups in total. The lowest BCUT2D eigenvalue weighted by atomic mass is 10.0. The third-order valence-corrected chi connectivity index (χ3v) is 8.30. The van der Waals surface area contributed by atoms with E-state index in [4.69, 9.17) is 9.72 Å². The zero-order chi connectivity index (χ0) is 25.6. The first-order chi connectivity index (χ1) is 18.8. The van der Waals surface area contributed by atoms with Crippen LogP contribution in [0.1, 0.15) is 12.1 Å². The van der Waals surface area contributed by atoms with Crippen molar-refractivity contribution < 1.29 is 4.74 Å². The molecule has 1 aliphatic heterocycles. The van der Waals surface area contributed by atoms with E-state index in [0.29, 0.717) is 0 Å². The molecule has 6 rings (SSSR count). The van der Waals surface area contributed by atoms with Gasteiger partial charge in [-0.15, -0.1) is 11.3 Å². The molecule has 7 heteroatoms.